The number of rotatable bonds is 6. The number of aliphatic hydroxyl groups is 1. The van der Waals surface area contributed by atoms with Gasteiger partial charge in [-0.2, -0.15) is 0 Å². The van der Waals surface area contributed by atoms with Crippen molar-refractivity contribution in [3.63, 3.8) is 0 Å². The maximum Gasteiger partial charge on any atom is 0.319 e. The molecule has 0 aliphatic carbocycles. The lowest BCUT2D eigenvalue weighted by Crippen LogP contribution is -2.51. The van der Waals surface area contributed by atoms with Crippen molar-refractivity contribution in [2.45, 2.75) is 18.9 Å². The molecule has 1 atom stereocenters. The van der Waals surface area contributed by atoms with E-state index in [1.807, 2.05) is 0 Å². The van der Waals surface area contributed by atoms with Crippen LogP contribution in [0.25, 0.3) is 0 Å². The van der Waals surface area contributed by atoms with Crippen molar-refractivity contribution in [1.82, 2.24) is 5.32 Å². The molecule has 0 saturated heterocycles. The van der Waals surface area contributed by atoms with Gasteiger partial charge in [-0.3, -0.25) is 0 Å². The van der Waals surface area contributed by atoms with Gasteiger partial charge in [-0.15, -0.1) is 0 Å². The molecule has 112 valence electrons. The quantitative estimate of drug-likeness (QED) is 0.756. The van der Waals surface area contributed by atoms with Crippen molar-refractivity contribution >= 4 is 23.3 Å². The number of halogens is 2. The van der Waals surface area contributed by atoms with Crippen molar-refractivity contribution in [2.24, 2.45) is 0 Å². The van der Waals surface area contributed by atoms with E-state index >= 15 is 0 Å². The lowest BCUT2D eigenvalue weighted by molar-refractivity contribution is 0.104. The predicted octanol–water partition coefficient (Wildman–Crippen LogP) is 2.39. The Hall–Kier alpha value is -1.37. The van der Waals surface area contributed by atoms with Crippen LogP contribution >= 0.6 is 11.6 Å². The third-order valence-corrected chi connectivity index (χ3v) is 3.05. The van der Waals surface area contributed by atoms with E-state index in [0.717, 1.165) is 6.07 Å². The second kappa shape index (κ2) is 7.42. The first-order valence-electron chi connectivity index (χ1n) is 6.04. The number of benzene rings is 1. The normalized spacial score (nSPS) is 13.7. The number of methoxy groups -OCH3 is 1. The molecule has 0 fully saturated rings. The summed E-state index contributed by atoms with van der Waals surface area (Å²) in [6.45, 7) is 1.87. The number of carbonyl (C=O) groups excluding carboxylic acids is 1. The largest absolute Gasteiger partial charge is 0.396 e. The van der Waals surface area contributed by atoms with Crippen LogP contribution in [-0.4, -0.2) is 37.0 Å². The summed E-state index contributed by atoms with van der Waals surface area (Å²) in [4.78, 5) is 11.9. The van der Waals surface area contributed by atoms with Crippen LogP contribution in [0.15, 0.2) is 18.2 Å². The van der Waals surface area contributed by atoms with Crippen LogP contribution in [0.4, 0.5) is 14.9 Å². The number of urea groups is 1. The van der Waals surface area contributed by atoms with Crippen LogP contribution in [0.2, 0.25) is 5.02 Å². The van der Waals surface area contributed by atoms with Crippen LogP contribution in [0.3, 0.4) is 0 Å². The fourth-order valence-corrected chi connectivity index (χ4v) is 1.92. The van der Waals surface area contributed by atoms with Crippen LogP contribution < -0.4 is 10.6 Å². The monoisotopic (exact) mass is 304 g/mol. The second-order valence-electron chi connectivity index (χ2n) is 4.67. The fourth-order valence-electron chi connectivity index (χ4n) is 1.76. The Morgan fingerprint density at radius 3 is 2.85 bits per heavy atom. The fraction of sp³-hybridized carbons (Fsp3) is 0.462. The van der Waals surface area contributed by atoms with Gasteiger partial charge >= 0.3 is 6.03 Å². The number of amides is 2. The van der Waals surface area contributed by atoms with E-state index in [9.17, 15) is 9.18 Å². The summed E-state index contributed by atoms with van der Waals surface area (Å²) in [6.07, 6.45) is 0.325. The van der Waals surface area contributed by atoms with Crippen molar-refractivity contribution < 1.29 is 19.0 Å². The Bertz CT molecular complexity index is 465. The molecule has 1 aromatic rings. The molecule has 0 spiro atoms. The van der Waals surface area contributed by atoms with Crippen LogP contribution in [-0.2, 0) is 4.74 Å². The zero-order valence-corrected chi connectivity index (χ0v) is 12.1. The number of carbonyl (C=O) groups is 1. The maximum atomic E-state index is 13.1. The van der Waals surface area contributed by atoms with Gasteiger partial charge in [-0.05, 0) is 31.5 Å². The molecule has 1 rings (SSSR count). The number of aliphatic hydroxyl groups excluding tert-OH is 1. The van der Waals surface area contributed by atoms with Gasteiger partial charge in [0.05, 0.1) is 22.9 Å². The lowest BCUT2D eigenvalue weighted by atomic mass is 10.00. The maximum absolute atomic E-state index is 13.1. The highest BCUT2D eigenvalue weighted by molar-refractivity contribution is 6.33. The molecule has 0 aliphatic rings. The molecule has 3 N–H and O–H groups in total. The minimum absolute atomic E-state index is 0.0964. The third-order valence-electron chi connectivity index (χ3n) is 2.72. The van der Waals surface area contributed by atoms with E-state index in [1.165, 1.54) is 19.2 Å². The van der Waals surface area contributed by atoms with Crippen LogP contribution in [0, 0.1) is 5.82 Å². The van der Waals surface area contributed by atoms with Crippen LogP contribution in [0.1, 0.15) is 13.3 Å². The topological polar surface area (TPSA) is 70.6 Å². The Labute approximate surface area is 122 Å². The number of ether oxygens (including phenoxy) is 1. The number of hydrogen-bond donors (Lipinski definition) is 3. The van der Waals surface area contributed by atoms with Gasteiger partial charge in [0.25, 0.3) is 0 Å². The molecule has 0 aromatic heterocycles. The second-order valence-corrected chi connectivity index (χ2v) is 5.08. The van der Waals surface area contributed by atoms with Gasteiger partial charge in [0.1, 0.15) is 5.82 Å². The van der Waals surface area contributed by atoms with Gasteiger partial charge < -0.3 is 20.5 Å². The zero-order chi connectivity index (χ0) is 15.2. The lowest BCUT2D eigenvalue weighted by Gasteiger charge is -2.29. The summed E-state index contributed by atoms with van der Waals surface area (Å²) in [5.74, 6) is -0.500. The molecule has 7 heteroatoms. The molecule has 2 amide bonds. The molecule has 1 aromatic carbocycles. The van der Waals surface area contributed by atoms with Crippen molar-refractivity contribution in [3.8, 4) is 0 Å². The van der Waals surface area contributed by atoms with E-state index < -0.39 is 17.4 Å². The summed E-state index contributed by atoms with van der Waals surface area (Å²) in [5, 5.41) is 14.4. The van der Waals surface area contributed by atoms with Crippen molar-refractivity contribution in [1.29, 1.82) is 0 Å². The molecular weight excluding hydrogens is 287 g/mol. The molecular formula is C13H18ClFN2O3. The number of anilines is 1. The van der Waals surface area contributed by atoms with Gasteiger partial charge in [0.15, 0.2) is 0 Å². The number of hydrogen-bond acceptors (Lipinski definition) is 3. The summed E-state index contributed by atoms with van der Waals surface area (Å²) < 4.78 is 18.1. The average molecular weight is 305 g/mol. The van der Waals surface area contributed by atoms with Crippen molar-refractivity contribution in [3.05, 3.63) is 29.0 Å². The molecule has 0 saturated carbocycles. The molecule has 5 nitrogen and oxygen atoms in total. The van der Waals surface area contributed by atoms with Gasteiger partial charge in [-0.25, -0.2) is 9.18 Å². The van der Waals surface area contributed by atoms with E-state index in [4.69, 9.17) is 21.4 Å². The van der Waals surface area contributed by atoms with Gasteiger partial charge in [-0.1, -0.05) is 11.6 Å². The van der Waals surface area contributed by atoms with E-state index in [1.54, 1.807) is 6.92 Å². The van der Waals surface area contributed by atoms with Gasteiger partial charge in [0.2, 0.25) is 0 Å². The molecule has 0 aliphatic heterocycles. The first-order valence-corrected chi connectivity index (χ1v) is 6.42. The first kappa shape index (κ1) is 16.7. The third kappa shape index (κ3) is 4.96. The SMILES string of the molecule is COCC(C)(CCO)NC(=O)Nc1cc(F)ccc1Cl. The Kier molecular flexibility index (Phi) is 6.19. The van der Waals surface area contributed by atoms with E-state index in [-0.39, 0.29) is 23.9 Å². The molecule has 0 radical (unpaired) electrons. The standard InChI is InChI=1S/C13H18ClFN2O3/c1-13(5-6-18,8-20-2)17-12(19)16-11-7-9(15)3-4-10(11)14/h3-4,7,18H,5-6,8H2,1-2H3,(H2,16,17,19). The Morgan fingerprint density at radius 1 is 1.55 bits per heavy atom. The highest BCUT2D eigenvalue weighted by atomic mass is 35.5. The smallest absolute Gasteiger partial charge is 0.319 e. The van der Waals surface area contributed by atoms with E-state index in [0.29, 0.717) is 6.42 Å². The molecule has 20 heavy (non-hydrogen) atoms. The Morgan fingerprint density at radius 2 is 2.25 bits per heavy atom. The van der Waals surface area contributed by atoms with Crippen LogP contribution in [0.5, 0.6) is 0 Å². The highest BCUT2D eigenvalue weighted by Crippen LogP contribution is 2.22. The average Bonchev–Trinajstić information content (AvgIpc) is 2.34. The Balaban J connectivity index is 2.72. The molecule has 1 unspecified atom stereocenters. The highest BCUT2D eigenvalue weighted by Gasteiger charge is 2.26. The molecule has 0 heterocycles. The van der Waals surface area contributed by atoms with Gasteiger partial charge in [0, 0.05) is 13.7 Å². The zero-order valence-electron chi connectivity index (χ0n) is 11.4. The first-order chi connectivity index (χ1) is 9.40. The summed E-state index contributed by atoms with van der Waals surface area (Å²) >= 11 is 5.86. The summed E-state index contributed by atoms with van der Waals surface area (Å²) in [5.41, 5.74) is -0.555. The minimum atomic E-state index is -0.729. The molecule has 0 bridgehead atoms. The minimum Gasteiger partial charge on any atom is -0.396 e. The predicted molar refractivity (Wildman–Crippen MR) is 75.5 cm³/mol. The number of nitrogens with one attached hydrogen (secondary N) is 2. The van der Waals surface area contributed by atoms with E-state index in [2.05, 4.69) is 10.6 Å². The summed E-state index contributed by atoms with van der Waals surface area (Å²) in [7, 11) is 1.50. The summed E-state index contributed by atoms with van der Waals surface area (Å²) in [6, 6.07) is 3.13. The van der Waals surface area contributed by atoms with Crippen molar-refractivity contribution in [2.75, 3.05) is 25.6 Å².